The van der Waals surface area contributed by atoms with Gasteiger partial charge in [-0.3, -0.25) is 4.90 Å². The Morgan fingerprint density at radius 1 is 1.21 bits per heavy atom. The molecular formula is C14H28N2O2S. The van der Waals surface area contributed by atoms with Crippen molar-refractivity contribution < 1.29 is 8.42 Å². The van der Waals surface area contributed by atoms with E-state index < -0.39 is 9.84 Å². The molecule has 19 heavy (non-hydrogen) atoms. The number of hydrogen-bond acceptors (Lipinski definition) is 4. The molecule has 1 saturated heterocycles. The molecule has 2 rings (SSSR count). The molecular weight excluding hydrogens is 260 g/mol. The van der Waals surface area contributed by atoms with E-state index in [-0.39, 0.29) is 5.25 Å². The van der Waals surface area contributed by atoms with Crippen molar-refractivity contribution in [2.75, 3.05) is 25.9 Å². The molecule has 0 spiro atoms. The van der Waals surface area contributed by atoms with Crippen LogP contribution in [0.25, 0.3) is 0 Å². The Hall–Kier alpha value is -0.130. The Kier molecular flexibility index (Phi) is 5.26. The lowest BCUT2D eigenvalue weighted by Gasteiger charge is -2.40. The molecule has 0 amide bonds. The summed E-state index contributed by atoms with van der Waals surface area (Å²) in [5.74, 6) is 0. The average molecular weight is 288 g/mol. The van der Waals surface area contributed by atoms with E-state index in [1.165, 1.54) is 19.1 Å². The van der Waals surface area contributed by atoms with Gasteiger partial charge in [0.05, 0.1) is 5.25 Å². The fourth-order valence-electron chi connectivity index (χ4n) is 3.65. The largest absolute Gasteiger partial charge is 0.315 e. The maximum Gasteiger partial charge on any atom is 0.150 e. The minimum Gasteiger partial charge on any atom is -0.315 e. The van der Waals surface area contributed by atoms with Gasteiger partial charge in [0.15, 0.2) is 0 Å². The smallest absolute Gasteiger partial charge is 0.150 e. The molecule has 1 saturated carbocycles. The lowest BCUT2D eigenvalue weighted by Crippen LogP contribution is -2.48. The summed E-state index contributed by atoms with van der Waals surface area (Å²) in [6.07, 6.45) is 7.69. The van der Waals surface area contributed by atoms with E-state index in [2.05, 4.69) is 17.1 Å². The lowest BCUT2D eigenvalue weighted by molar-refractivity contribution is 0.113. The summed E-state index contributed by atoms with van der Waals surface area (Å²) in [6, 6.07) is 1.08. The fourth-order valence-corrected chi connectivity index (χ4v) is 4.82. The Balaban J connectivity index is 2.04. The van der Waals surface area contributed by atoms with Crippen LogP contribution in [0, 0.1) is 0 Å². The van der Waals surface area contributed by atoms with Crippen molar-refractivity contribution in [3.63, 3.8) is 0 Å². The fraction of sp³-hybridized carbons (Fsp3) is 1.00. The lowest BCUT2D eigenvalue weighted by atomic mass is 9.92. The molecule has 1 aliphatic heterocycles. The summed E-state index contributed by atoms with van der Waals surface area (Å²) >= 11 is 0. The number of nitrogens with zero attached hydrogens (tertiary/aromatic N) is 1. The zero-order valence-corrected chi connectivity index (χ0v) is 13.1. The van der Waals surface area contributed by atoms with Crippen LogP contribution >= 0.6 is 0 Å². The van der Waals surface area contributed by atoms with Crippen LogP contribution in [0.5, 0.6) is 0 Å². The van der Waals surface area contributed by atoms with Gasteiger partial charge in [-0.15, -0.1) is 0 Å². The van der Waals surface area contributed by atoms with Crippen LogP contribution in [0.2, 0.25) is 0 Å². The zero-order chi connectivity index (χ0) is 13.9. The van der Waals surface area contributed by atoms with Crippen molar-refractivity contribution in [1.29, 1.82) is 0 Å². The molecule has 0 aromatic carbocycles. The summed E-state index contributed by atoms with van der Waals surface area (Å²) in [4.78, 5) is 2.59. The number of hydrogen-bond donors (Lipinski definition) is 1. The van der Waals surface area contributed by atoms with E-state index in [1.54, 1.807) is 0 Å². The highest BCUT2D eigenvalue weighted by Crippen LogP contribution is 2.29. The molecule has 5 heteroatoms. The molecule has 112 valence electrons. The van der Waals surface area contributed by atoms with Crippen LogP contribution in [0.4, 0.5) is 0 Å². The van der Waals surface area contributed by atoms with Crippen LogP contribution < -0.4 is 5.32 Å². The molecule has 2 aliphatic rings. The maximum atomic E-state index is 11.8. The molecule has 0 aromatic heterocycles. The van der Waals surface area contributed by atoms with Crippen LogP contribution in [-0.2, 0) is 9.84 Å². The van der Waals surface area contributed by atoms with E-state index in [0.29, 0.717) is 12.1 Å². The summed E-state index contributed by atoms with van der Waals surface area (Å²) in [5.41, 5.74) is 0. The topological polar surface area (TPSA) is 49.4 Å². The van der Waals surface area contributed by atoms with Gasteiger partial charge in [-0.2, -0.15) is 0 Å². The third-order valence-electron chi connectivity index (χ3n) is 4.66. The summed E-state index contributed by atoms with van der Waals surface area (Å²) in [6.45, 7) is 5.49. The first kappa shape index (κ1) is 15.3. The summed E-state index contributed by atoms with van der Waals surface area (Å²) in [7, 11) is -2.87. The van der Waals surface area contributed by atoms with Crippen LogP contribution in [0.3, 0.4) is 0 Å². The van der Waals surface area contributed by atoms with E-state index in [9.17, 15) is 8.42 Å². The first-order valence-electron chi connectivity index (χ1n) is 7.67. The van der Waals surface area contributed by atoms with Crippen molar-refractivity contribution in [3.8, 4) is 0 Å². The SMILES string of the molecule is CCCN(C1CCNC1)C1CCCC(S(C)(=O)=O)C1. The standard InChI is InChI=1S/C14H28N2O2S/c1-3-9-16(13-7-8-15-11-13)12-5-4-6-14(10-12)19(2,17)18/h12-15H,3-11H2,1-2H3. The molecule has 3 atom stereocenters. The van der Waals surface area contributed by atoms with Gasteiger partial charge in [0.2, 0.25) is 0 Å². The van der Waals surface area contributed by atoms with Gasteiger partial charge in [-0.1, -0.05) is 13.3 Å². The third kappa shape index (κ3) is 3.92. The normalized spacial score (nSPS) is 32.9. The molecule has 2 fully saturated rings. The molecule has 3 unspecified atom stereocenters. The first-order chi connectivity index (χ1) is 9.02. The number of nitrogens with one attached hydrogen (secondary N) is 1. The highest BCUT2D eigenvalue weighted by molar-refractivity contribution is 7.91. The van der Waals surface area contributed by atoms with Crippen molar-refractivity contribution in [2.45, 2.75) is 62.8 Å². The minimum atomic E-state index is -2.87. The quantitative estimate of drug-likeness (QED) is 0.831. The molecule has 0 aromatic rings. The van der Waals surface area contributed by atoms with Gasteiger partial charge in [-0.05, 0) is 45.2 Å². The van der Waals surface area contributed by atoms with Crippen molar-refractivity contribution in [3.05, 3.63) is 0 Å². The van der Waals surface area contributed by atoms with Crippen LogP contribution in [0.1, 0.15) is 45.4 Å². The maximum absolute atomic E-state index is 11.8. The Labute approximate surface area is 117 Å². The number of sulfone groups is 1. The van der Waals surface area contributed by atoms with Gasteiger partial charge in [-0.25, -0.2) is 8.42 Å². The van der Waals surface area contributed by atoms with Gasteiger partial charge < -0.3 is 5.32 Å². The second kappa shape index (κ2) is 6.55. The van der Waals surface area contributed by atoms with E-state index in [1.807, 2.05) is 0 Å². The predicted octanol–water partition coefficient (Wildman–Crippen LogP) is 1.42. The molecule has 4 nitrogen and oxygen atoms in total. The van der Waals surface area contributed by atoms with E-state index in [4.69, 9.17) is 0 Å². The van der Waals surface area contributed by atoms with Crippen LogP contribution in [-0.4, -0.2) is 56.5 Å². The summed E-state index contributed by atoms with van der Waals surface area (Å²) < 4.78 is 23.6. The van der Waals surface area contributed by atoms with Gasteiger partial charge in [0.1, 0.15) is 9.84 Å². The second-order valence-electron chi connectivity index (χ2n) is 6.16. The molecule has 0 radical (unpaired) electrons. The minimum absolute atomic E-state index is 0.111. The first-order valence-corrected chi connectivity index (χ1v) is 9.63. The Bertz CT molecular complexity index is 377. The molecule has 1 heterocycles. The van der Waals surface area contributed by atoms with Crippen LogP contribution in [0.15, 0.2) is 0 Å². The highest BCUT2D eigenvalue weighted by Gasteiger charge is 2.34. The van der Waals surface area contributed by atoms with Gasteiger partial charge >= 0.3 is 0 Å². The predicted molar refractivity (Wildman–Crippen MR) is 79.2 cm³/mol. The monoisotopic (exact) mass is 288 g/mol. The van der Waals surface area contributed by atoms with Crippen molar-refractivity contribution in [2.24, 2.45) is 0 Å². The molecule has 0 bridgehead atoms. The Morgan fingerprint density at radius 2 is 2.00 bits per heavy atom. The average Bonchev–Trinajstić information content (AvgIpc) is 2.88. The summed E-state index contributed by atoms with van der Waals surface area (Å²) in [5, 5.41) is 3.32. The van der Waals surface area contributed by atoms with Crippen molar-refractivity contribution >= 4 is 9.84 Å². The Morgan fingerprint density at radius 3 is 2.58 bits per heavy atom. The second-order valence-corrected chi connectivity index (χ2v) is 8.48. The van der Waals surface area contributed by atoms with Gasteiger partial charge in [0.25, 0.3) is 0 Å². The molecule has 1 N–H and O–H groups in total. The van der Waals surface area contributed by atoms with E-state index >= 15 is 0 Å². The highest BCUT2D eigenvalue weighted by atomic mass is 32.2. The van der Waals surface area contributed by atoms with E-state index in [0.717, 1.165) is 45.3 Å². The van der Waals surface area contributed by atoms with Gasteiger partial charge in [0, 0.05) is 24.9 Å². The zero-order valence-electron chi connectivity index (χ0n) is 12.3. The number of rotatable bonds is 5. The molecule has 1 aliphatic carbocycles. The third-order valence-corrected chi connectivity index (χ3v) is 6.30. The van der Waals surface area contributed by atoms with Crippen molar-refractivity contribution in [1.82, 2.24) is 10.2 Å².